The summed E-state index contributed by atoms with van der Waals surface area (Å²) in [5, 5.41) is 19.0. The van der Waals surface area contributed by atoms with Gasteiger partial charge in [-0.3, -0.25) is 4.79 Å². The van der Waals surface area contributed by atoms with Gasteiger partial charge in [-0.25, -0.2) is 0 Å². The van der Waals surface area contributed by atoms with Gasteiger partial charge in [-0.15, -0.1) is 0 Å². The van der Waals surface area contributed by atoms with Crippen LogP contribution in [-0.2, 0) is 4.79 Å². The molecule has 0 saturated heterocycles. The number of nitrogens with two attached hydrogens (primary N) is 1. The van der Waals surface area contributed by atoms with Crippen LogP contribution in [-0.4, -0.2) is 35.1 Å². The highest BCUT2D eigenvalue weighted by atomic mass is 16.4. The molecule has 0 heterocycles. The molecule has 0 aromatic heterocycles. The molecule has 0 radical (unpaired) electrons. The highest BCUT2D eigenvalue weighted by Crippen LogP contribution is 1.94. The molecule has 1 amide bonds. The van der Waals surface area contributed by atoms with Crippen LogP contribution in [0, 0.1) is 0 Å². The standard InChI is InChI=1S/C5H13BN2O3/c1-5(2,7)4(9)8-3-6(10)11/h10-11H,3,7H2,1-2H3,(H,8,9). The summed E-state index contributed by atoms with van der Waals surface area (Å²) in [6.45, 7) is 3.07. The summed E-state index contributed by atoms with van der Waals surface area (Å²) < 4.78 is 0. The fourth-order valence-corrected chi connectivity index (χ4v) is 0.412. The van der Waals surface area contributed by atoms with Crippen molar-refractivity contribution < 1.29 is 14.8 Å². The molecule has 0 aromatic carbocycles. The topological polar surface area (TPSA) is 95.6 Å². The zero-order valence-electron chi connectivity index (χ0n) is 6.66. The van der Waals surface area contributed by atoms with Crippen molar-refractivity contribution in [1.29, 1.82) is 0 Å². The van der Waals surface area contributed by atoms with Crippen LogP contribution in [0.2, 0.25) is 0 Å². The van der Waals surface area contributed by atoms with Crippen molar-refractivity contribution in [3.63, 3.8) is 0 Å². The summed E-state index contributed by atoms with van der Waals surface area (Å²) in [6.07, 6.45) is -0.195. The number of rotatable bonds is 3. The number of amides is 1. The molecule has 0 unspecified atom stereocenters. The number of carbonyl (C=O) groups is 1. The van der Waals surface area contributed by atoms with Crippen molar-refractivity contribution in [3.8, 4) is 0 Å². The minimum Gasteiger partial charge on any atom is -0.426 e. The van der Waals surface area contributed by atoms with Crippen LogP contribution in [0.25, 0.3) is 0 Å². The number of hydrogen-bond acceptors (Lipinski definition) is 4. The highest BCUT2D eigenvalue weighted by molar-refractivity contribution is 6.41. The van der Waals surface area contributed by atoms with Crippen molar-refractivity contribution >= 4 is 13.0 Å². The second-order valence-corrected chi connectivity index (χ2v) is 2.91. The van der Waals surface area contributed by atoms with E-state index in [1.807, 2.05) is 0 Å². The molecule has 0 aliphatic rings. The quantitative estimate of drug-likeness (QED) is 0.354. The molecule has 0 aromatic rings. The predicted octanol–water partition coefficient (Wildman–Crippen LogP) is -2.15. The second kappa shape index (κ2) is 3.70. The van der Waals surface area contributed by atoms with E-state index < -0.39 is 18.6 Å². The minimum atomic E-state index is -1.53. The van der Waals surface area contributed by atoms with Crippen LogP contribution in [0.4, 0.5) is 0 Å². The van der Waals surface area contributed by atoms with E-state index in [2.05, 4.69) is 5.32 Å². The summed E-state index contributed by atoms with van der Waals surface area (Å²) in [5.74, 6) is -0.411. The van der Waals surface area contributed by atoms with Gasteiger partial charge in [0, 0.05) is 0 Å². The van der Waals surface area contributed by atoms with Gasteiger partial charge in [0.05, 0.1) is 12.0 Å². The van der Waals surface area contributed by atoms with Gasteiger partial charge in [-0.1, -0.05) is 0 Å². The molecule has 0 atom stereocenters. The van der Waals surface area contributed by atoms with Crippen LogP contribution in [0.5, 0.6) is 0 Å². The van der Waals surface area contributed by atoms with Crippen LogP contribution in [0.15, 0.2) is 0 Å². The maximum atomic E-state index is 10.9. The molecule has 6 heteroatoms. The fraction of sp³-hybridized carbons (Fsp3) is 0.800. The van der Waals surface area contributed by atoms with Crippen LogP contribution in [0.1, 0.15) is 13.8 Å². The molecular weight excluding hydrogens is 147 g/mol. The summed E-state index contributed by atoms with van der Waals surface area (Å²) in [7, 11) is -1.53. The molecule has 11 heavy (non-hydrogen) atoms. The summed E-state index contributed by atoms with van der Waals surface area (Å²) >= 11 is 0. The van der Waals surface area contributed by atoms with Crippen molar-refractivity contribution in [2.45, 2.75) is 19.4 Å². The molecule has 0 aliphatic heterocycles. The predicted molar refractivity (Wildman–Crippen MR) is 41.5 cm³/mol. The third kappa shape index (κ3) is 4.77. The van der Waals surface area contributed by atoms with Crippen LogP contribution >= 0.6 is 0 Å². The van der Waals surface area contributed by atoms with Gasteiger partial charge >= 0.3 is 7.12 Å². The Kier molecular flexibility index (Phi) is 3.51. The van der Waals surface area contributed by atoms with Crippen molar-refractivity contribution in [1.82, 2.24) is 5.32 Å². The molecule has 5 N–H and O–H groups in total. The first kappa shape index (κ1) is 10.4. The maximum Gasteiger partial charge on any atom is 0.472 e. The average molecular weight is 160 g/mol. The molecule has 64 valence electrons. The van der Waals surface area contributed by atoms with Crippen molar-refractivity contribution in [2.75, 3.05) is 6.44 Å². The zero-order valence-corrected chi connectivity index (χ0v) is 6.66. The summed E-state index contributed by atoms with van der Waals surface area (Å²) in [6, 6.07) is 0. The normalized spacial score (nSPS) is 11.0. The molecular formula is C5H13BN2O3. The van der Waals surface area contributed by atoms with Crippen molar-refractivity contribution in [2.24, 2.45) is 5.73 Å². The van der Waals surface area contributed by atoms with Gasteiger partial charge in [0.25, 0.3) is 0 Å². The SMILES string of the molecule is CC(C)(N)C(=O)NCB(O)O. The van der Waals surface area contributed by atoms with Crippen LogP contribution < -0.4 is 11.1 Å². The molecule has 0 rings (SSSR count). The molecule has 5 nitrogen and oxygen atoms in total. The van der Waals surface area contributed by atoms with E-state index in [0.717, 1.165) is 0 Å². The smallest absolute Gasteiger partial charge is 0.426 e. The first-order valence-electron chi connectivity index (χ1n) is 3.27. The lowest BCUT2D eigenvalue weighted by atomic mass is 9.92. The Balaban J connectivity index is 3.71. The van der Waals surface area contributed by atoms with Gasteiger partial charge in [0.1, 0.15) is 0 Å². The van der Waals surface area contributed by atoms with Gasteiger partial charge < -0.3 is 21.1 Å². The molecule has 0 spiro atoms. The lowest BCUT2D eigenvalue weighted by Crippen LogP contribution is -2.51. The largest absolute Gasteiger partial charge is 0.472 e. The van der Waals surface area contributed by atoms with Gasteiger partial charge in [0.15, 0.2) is 0 Å². The summed E-state index contributed by atoms with van der Waals surface area (Å²) in [4.78, 5) is 10.9. The second-order valence-electron chi connectivity index (χ2n) is 2.91. The van der Waals surface area contributed by atoms with E-state index in [1.54, 1.807) is 0 Å². The van der Waals surface area contributed by atoms with Gasteiger partial charge in [-0.05, 0) is 13.8 Å². The molecule has 0 aliphatic carbocycles. The zero-order chi connectivity index (χ0) is 9.07. The Bertz CT molecular complexity index is 143. The lowest BCUT2D eigenvalue weighted by Gasteiger charge is -2.17. The highest BCUT2D eigenvalue weighted by Gasteiger charge is 2.22. The van der Waals surface area contributed by atoms with E-state index in [1.165, 1.54) is 13.8 Å². The number of nitrogens with one attached hydrogen (secondary N) is 1. The van der Waals surface area contributed by atoms with Gasteiger partial charge in [0.2, 0.25) is 5.91 Å². The Morgan fingerprint density at radius 1 is 1.64 bits per heavy atom. The monoisotopic (exact) mass is 160 g/mol. The van der Waals surface area contributed by atoms with E-state index in [9.17, 15) is 4.79 Å². The number of hydrogen-bond donors (Lipinski definition) is 4. The fourth-order valence-electron chi connectivity index (χ4n) is 0.412. The Hall–Kier alpha value is -0.585. The van der Waals surface area contributed by atoms with E-state index in [4.69, 9.17) is 15.8 Å². The molecule has 0 fully saturated rings. The first-order valence-corrected chi connectivity index (χ1v) is 3.27. The van der Waals surface area contributed by atoms with E-state index in [-0.39, 0.29) is 6.44 Å². The third-order valence-corrected chi connectivity index (χ3v) is 1.03. The number of carbonyl (C=O) groups excluding carboxylic acids is 1. The minimum absolute atomic E-state index is 0.195. The Morgan fingerprint density at radius 3 is 2.36 bits per heavy atom. The van der Waals surface area contributed by atoms with Gasteiger partial charge in [-0.2, -0.15) is 0 Å². The third-order valence-electron chi connectivity index (χ3n) is 1.03. The lowest BCUT2D eigenvalue weighted by molar-refractivity contribution is -0.124. The van der Waals surface area contributed by atoms with Crippen LogP contribution in [0.3, 0.4) is 0 Å². The average Bonchev–Trinajstić information content (AvgIpc) is 1.80. The Morgan fingerprint density at radius 2 is 2.09 bits per heavy atom. The van der Waals surface area contributed by atoms with E-state index in [0.29, 0.717) is 0 Å². The molecule has 0 saturated carbocycles. The Labute approximate surface area is 65.7 Å². The van der Waals surface area contributed by atoms with Crippen molar-refractivity contribution in [3.05, 3.63) is 0 Å². The maximum absolute atomic E-state index is 10.9. The summed E-state index contributed by atoms with van der Waals surface area (Å²) in [5.41, 5.74) is 4.41. The first-order chi connectivity index (χ1) is 4.84. The molecule has 0 bridgehead atoms. The van der Waals surface area contributed by atoms with E-state index >= 15 is 0 Å².